The second-order valence-corrected chi connectivity index (χ2v) is 13.2. The second kappa shape index (κ2) is 14.0. The van der Waals surface area contributed by atoms with E-state index in [4.69, 9.17) is 21.1 Å². The number of carbonyl (C=O) groups excluding carboxylic acids is 3. The summed E-state index contributed by atoms with van der Waals surface area (Å²) < 4.78 is 10.8. The Balaban J connectivity index is 1.49. The van der Waals surface area contributed by atoms with E-state index in [0.29, 0.717) is 42.4 Å². The Morgan fingerprint density at radius 3 is 2.38 bits per heavy atom. The highest BCUT2D eigenvalue weighted by Gasteiger charge is 2.44. The Morgan fingerprint density at radius 2 is 1.69 bits per heavy atom. The lowest BCUT2D eigenvalue weighted by atomic mass is 9.78. The van der Waals surface area contributed by atoms with Crippen molar-refractivity contribution < 1.29 is 23.9 Å². The van der Waals surface area contributed by atoms with Crippen LogP contribution in [0, 0.1) is 5.92 Å². The van der Waals surface area contributed by atoms with E-state index in [0.717, 1.165) is 29.5 Å². The van der Waals surface area contributed by atoms with E-state index < -0.39 is 17.6 Å². The molecule has 2 atom stereocenters. The molecule has 45 heavy (non-hydrogen) atoms. The van der Waals surface area contributed by atoms with Gasteiger partial charge in [-0.3, -0.25) is 9.59 Å². The molecule has 0 radical (unpaired) electrons. The van der Waals surface area contributed by atoms with Crippen LogP contribution >= 0.6 is 11.6 Å². The molecule has 9 heteroatoms. The van der Waals surface area contributed by atoms with Gasteiger partial charge in [-0.05, 0) is 80.8 Å². The lowest BCUT2D eigenvalue weighted by molar-refractivity contribution is -0.124. The third-order valence-electron chi connectivity index (χ3n) is 8.22. The molecule has 1 aliphatic carbocycles. The molecule has 1 aliphatic heterocycles. The highest BCUT2D eigenvalue weighted by atomic mass is 35.5. The standard InChI is InChI=1S/C36H42ClN3O5/c1-36(2,3)45-35(43)39-19-17-29(26-12-8-11-25(21-26)24-9-6-5-7-10-24)31(23-39)34(42)40(27-13-14-27)28-15-16-32(37)30(22-28)33(41)38-18-20-44-4/h5-12,15-16,21-22,27,29,31H,13-14,17-20,23H2,1-4H3,(H,38,41)/t29-,31+/m1/s1. The van der Waals surface area contributed by atoms with Crippen molar-refractivity contribution in [3.63, 3.8) is 0 Å². The van der Waals surface area contributed by atoms with Gasteiger partial charge in [0.25, 0.3) is 5.91 Å². The minimum atomic E-state index is -0.652. The molecule has 5 rings (SSSR count). The molecule has 3 aromatic rings. The zero-order valence-corrected chi connectivity index (χ0v) is 27.2. The fourth-order valence-electron chi connectivity index (χ4n) is 5.90. The van der Waals surface area contributed by atoms with Gasteiger partial charge in [-0.25, -0.2) is 4.79 Å². The summed E-state index contributed by atoms with van der Waals surface area (Å²) in [7, 11) is 1.57. The topological polar surface area (TPSA) is 88.2 Å². The van der Waals surface area contributed by atoms with Gasteiger partial charge >= 0.3 is 6.09 Å². The Kier molecular flexibility index (Phi) is 10.1. The number of methoxy groups -OCH3 is 1. The van der Waals surface area contributed by atoms with Crippen LogP contribution in [-0.4, -0.2) is 67.8 Å². The summed E-state index contributed by atoms with van der Waals surface area (Å²) in [5.74, 6) is -1.04. The Hall–Kier alpha value is -3.88. The van der Waals surface area contributed by atoms with E-state index in [1.165, 1.54) is 0 Å². The van der Waals surface area contributed by atoms with E-state index in [-0.39, 0.29) is 30.3 Å². The van der Waals surface area contributed by atoms with Crippen molar-refractivity contribution in [2.45, 2.75) is 57.6 Å². The van der Waals surface area contributed by atoms with E-state index in [1.807, 2.05) is 49.9 Å². The molecule has 3 amide bonds. The van der Waals surface area contributed by atoms with Gasteiger partial charge in [0, 0.05) is 38.5 Å². The van der Waals surface area contributed by atoms with Gasteiger partial charge in [0.2, 0.25) is 5.91 Å². The smallest absolute Gasteiger partial charge is 0.410 e. The van der Waals surface area contributed by atoms with Crippen LogP contribution in [0.2, 0.25) is 5.02 Å². The zero-order valence-electron chi connectivity index (χ0n) is 26.4. The first-order valence-corrected chi connectivity index (χ1v) is 16.0. The summed E-state index contributed by atoms with van der Waals surface area (Å²) in [5, 5.41) is 3.13. The minimum absolute atomic E-state index is 0.0104. The SMILES string of the molecule is COCCNC(=O)c1cc(N(C(=O)[C@H]2CN(C(=O)OC(C)(C)C)CC[C@@H]2c2cccc(-c3ccccc3)c2)C2CC2)ccc1Cl. The van der Waals surface area contributed by atoms with Crippen molar-refractivity contribution in [1.82, 2.24) is 10.2 Å². The number of hydrogen-bond donors (Lipinski definition) is 1. The molecule has 8 nitrogen and oxygen atoms in total. The number of likely N-dealkylation sites (tertiary alicyclic amines) is 1. The fraction of sp³-hybridized carbons (Fsp3) is 0.417. The van der Waals surface area contributed by atoms with Gasteiger partial charge in [0.15, 0.2) is 0 Å². The summed E-state index contributed by atoms with van der Waals surface area (Å²) in [4.78, 5) is 44.4. The van der Waals surface area contributed by atoms with Crippen LogP contribution in [0.25, 0.3) is 11.1 Å². The van der Waals surface area contributed by atoms with Crippen molar-refractivity contribution in [3.05, 3.63) is 88.9 Å². The Bertz CT molecular complexity index is 1520. The summed E-state index contributed by atoms with van der Waals surface area (Å²) in [6, 6.07) is 23.7. The van der Waals surface area contributed by atoms with Gasteiger partial charge in [-0.2, -0.15) is 0 Å². The van der Waals surface area contributed by atoms with Crippen LogP contribution in [0.3, 0.4) is 0 Å². The number of halogens is 1. The number of nitrogens with zero attached hydrogens (tertiary/aromatic N) is 2. The third kappa shape index (κ3) is 8.05. The van der Waals surface area contributed by atoms with Gasteiger partial charge in [0.1, 0.15) is 5.60 Å². The highest BCUT2D eigenvalue weighted by Crippen LogP contribution is 2.41. The minimum Gasteiger partial charge on any atom is -0.444 e. The molecule has 0 bridgehead atoms. The number of nitrogens with one attached hydrogen (secondary N) is 1. The molecule has 1 heterocycles. The normalized spacial score (nSPS) is 18.3. The summed E-state index contributed by atoms with van der Waals surface area (Å²) in [5.41, 5.74) is 3.51. The average molecular weight is 632 g/mol. The molecule has 0 spiro atoms. The first kappa shape index (κ1) is 32.5. The predicted molar refractivity (Wildman–Crippen MR) is 177 cm³/mol. The number of piperidine rings is 1. The molecule has 2 fully saturated rings. The number of amides is 3. The number of rotatable bonds is 9. The van der Waals surface area contributed by atoms with Crippen LogP contribution in [0.1, 0.15) is 61.9 Å². The molecule has 0 aromatic heterocycles. The van der Waals surface area contributed by atoms with Crippen LogP contribution in [0.5, 0.6) is 0 Å². The molecular formula is C36H42ClN3O5. The van der Waals surface area contributed by atoms with E-state index in [2.05, 4.69) is 35.6 Å². The van der Waals surface area contributed by atoms with Crippen LogP contribution in [-0.2, 0) is 14.3 Å². The Morgan fingerprint density at radius 1 is 0.956 bits per heavy atom. The number of ether oxygens (including phenoxy) is 2. The molecule has 0 unspecified atom stereocenters. The van der Waals surface area contributed by atoms with Crippen molar-refractivity contribution in [2.75, 3.05) is 38.3 Å². The largest absolute Gasteiger partial charge is 0.444 e. The van der Waals surface area contributed by atoms with Gasteiger partial charge < -0.3 is 24.6 Å². The number of hydrogen-bond acceptors (Lipinski definition) is 5. The van der Waals surface area contributed by atoms with E-state index >= 15 is 0 Å². The van der Waals surface area contributed by atoms with Crippen molar-refractivity contribution >= 4 is 35.2 Å². The number of benzene rings is 3. The van der Waals surface area contributed by atoms with Crippen molar-refractivity contribution in [2.24, 2.45) is 5.92 Å². The van der Waals surface area contributed by atoms with Gasteiger partial charge in [-0.1, -0.05) is 66.2 Å². The molecule has 3 aromatic carbocycles. The molecule has 1 saturated carbocycles. The molecule has 1 N–H and O–H groups in total. The van der Waals surface area contributed by atoms with E-state index in [1.54, 1.807) is 30.2 Å². The van der Waals surface area contributed by atoms with E-state index in [9.17, 15) is 14.4 Å². The van der Waals surface area contributed by atoms with Crippen molar-refractivity contribution in [1.29, 1.82) is 0 Å². The second-order valence-electron chi connectivity index (χ2n) is 12.8. The highest BCUT2D eigenvalue weighted by molar-refractivity contribution is 6.34. The first-order chi connectivity index (χ1) is 21.6. The van der Waals surface area contributed by atoms with Crippen molar-refractivity contribution in [3.8, 4) is 11.1 Å². The zero-order chi connectivity index (χ0) is 32.1. The molecule has 1 saturated heterocycles. The molecule has 2 aliphatic rings. The maximum absolute atomic E-state index is 14.7. The third-order valence-corrected chi connectivity index (χ3v) is 8.55. The maximum atomic E-state index is 14.7. The first-order valence-electron chi connectivity index (χ1n) is 15.6. The van der Waals surface area contributed by atoms with Crippen LogP contribution in [0.4, 0.5) is 10.5 Å². The fourth-order valence-corrected chi connectivity index (χ4v) is 6.10. The molecular weight excluding hydrogens is 590 g/mol. The summed E-state index contributed by atoms with van der Waals surface area (Å²) in [6.07, 6.45) is 1.91. The number of anilines is 1. The number of carbonyl (C=O) groups is 3. The quantitative estimate of drug-likeness (QED) is 0.259. The van der Waals surface area contributed by atoms with Gasteiger partial charge in [-0.15, -0.1) is 0 Å². The average Bonchev–Trinajstić information content (AvgIpc) is 3.86. The maximum Gasteiger partial charge on any atom is 0.410 e. The lowest BCUT2D eigenvalue weighted by Gasteiger charge is -2.40. The molecule has 238 valence electrons. The van der Waals surface area contributed by atoms with Crippen LogP contribution < -0.4 is 10.2 Å². The lowest BCUT2D eigenvalue weighted by Crippen LogP contribution is -2.51. The summed E-state index contributed by atoms with van der Waals surface area (Å²) >= 11 is 6.45. The summed E-state index contributed by atoms with van der Waals surface area (Å²) in [6.45, 7) is 6.95. The monoisotopic (exact) mass is 631 g/mol. The predicted octanol–water partition coefficient (Wildman–Crippen LogP) is 6.92. The Labute approximate surface area is 270 Å². The van der Waals surface area contributed by atoms with Crippen LogP contribution in [0.15, 0.2) is 72.8 Å². The van der Waals surface area contributed by atoms with Gasteiger partial charge in [0.05, 0.1) is 23.1 Å².